The Morgan fingerprint density at radius 2 is 1.92 bits per heavy atom. The number of benzene rings is 1. The first kappa shape index (κ1) is 16.1. The van der Waals surface area contributed by atoms with Crippen molar-refractivity contribution in [3.05, 3.63) is 42.9 Å². The molecule has 130 valence electrons. The molecular formula is C20H25N5. The smallest absolute Gasteiger partial charge is 0.168 e. The molecule has 2 atom stereocenters. The van der Waals surface area contributed by atoms with E-state index in [1.165, 1.54) is 12.8 Å². The SMILES string of the molecule is C[C@@H]1C[C@@H](Nc2ncnc3c2cnn3-c2ccccc2)CC(C)(C)C1. The summed E-state index contributed by atoms with van der Waals surface area (Å²) in [7, 11) is 0. The van der Waals surface area contributed by atoms with Gasteiger partial charge in [0, 0.05) is 6.04 Å². The molecule has 2 aromatic heterocycles. The summed E-state index contributed by atoms with van der Waals surface area (Å²) in [6.45, 7) is 7.07. The third-order valence-electron chi connectivity index (χ3n) is 5.09. The van der Waals surface area contributed by atoms with Crippen LogP contribution in [0.4, 0.5) is 5.82 Å². The molecular weight excluding hydrogens is 310 g/mol. The second kappa shape index (κ2) is 6.14. The monoisotopic (exact) mass is 335 g/mol. The average Bonchev–Trinajstić information content (AvgIpc) is 2.99. The van der Waals surface area contributed by atoms with E-state index in [1.54, 1.807) is 6.33 Å². The van der Waals surface area contributed by atoms with Gasteiger partial charge in [-0.25, -0.2) is 14.6 Å². The van der Waals surface area contributed by atoms with Crippen LogP contribution in [0, 0.1) is 11.3 Å². The quantitative estimate of drug-likeness (QED) is 0.768. The van der Waals surface area contributed by atoms with Crippen LogP contribution in [-0.4, -0.2) is 25.8 Å². The lowest BCUT2D eigenvalue weighted by molar-refractivity contribution is 0.178. The molecule has 1 aliphatic rings. The molecule has 0 radical (unpaired) electrons. The number of rotatable bonds is 3. The summed E-state index contributed by atoms with van der Waals surface area (Å²) in [6, 6.07) is 10.5. The highest BCUT2D eigenvalue weighted by Crippen LogP contribution is 2.39. The number of anilines is 1. The Hall–Kier alpha value is -2.43. The van der Waals surface area contributed by atoms with E-state index in [4.69, 9.17) is 0 Å². The molecule has 1 aliphatic carbocycles. The van der Waals surface area contributed by atoms with Crippen molar-refractivity contribution in [3.63, 3.8) is 0 Å². The van der Waals surface area contributed by atoms with Crippen molar-refractivity contribution < 1.29 is 0 Å². The average molecular weight is 335 g/mol. The molecule has 1 saturated carbocycles. The lowest BCUT2D eigenvalue weighted by Crippen LogP contribution is -2.35. The molecule has 25 heavy (non-hydrogen) atoms. The molecule has 5 nitrogen and oxygen atoms in total. The zero-order valence-electron chi connectivity index (χ0n) is 15.1. The summed E-state index contributed by atoms with van der Waals surface area (Å²) >= 11 is 0. The standard InChI is InChI=1S/C20H25N5/c1-14-9-15(11-20(2,3)10-14)24-18-17-12-23-25(19(17)22-13-21-18)16-7-5-4-6-8-16/h4-8,12-15H,9-11H2,1-3H3,(H,21,22,24)/t14-,15-/m1/s1. The van der Waals surface area contributed by atoms with Crippen LogP contribution in [0.2, 0.25) is 0 Å². The van der Waals surface area contributed by atoms with Crippen LogP contribution in [-0.2, 0) is 0 Å². The van der Waals surface area contributed by atoms with Crippen molar-refractivity contribution >= 4 is 16.9 Å². The highest BCUT2D eigenvalue weighted by atomic mass is 15.3. The van der Waals surface area contributed by atoms with E-state index in [2.05, 4.69) is 41.2 Å². The third-order valence-corrected chi connectivity index (χ3v) is 5.09. The summed E-state index contributed by atoms with van der Waals surface area (Å²) in [6.07, 6.45) is 7.12. The van der Waals surface area contributed by atoms with E-state index in [0.29, 0.717) is 11.5 Å². The van der Waals surface area contributed by atoms with Gasteiger partial charge in [-0.3, -0.25) is 0 Å². The van der Waals surface area contributed by atoms with Gasteiger partial charge in [-0.1, -0.05) is 39.0 Å². The number of nitrogens with one attached hydrogen (secondary N) is 1. The van der Waals surface area contributed by atoms with Gasteiger partial charge in [0.25, 0.3) is 0 Å². The first-order chi connectivity index (χ1) is 12.0. The Labute approximate surface area is 148 Å². The van der Waals surface area contributed by atoms with Crippen molar-refractivity contribution in [1.82, 2.24) is 19.7 Å². The molecule has 1 N–H and O–H groups in total. The van der Waals surface area contributed by atoms with Gasteiger partial charge in [0.05, 0.1) is 17.3 Å². The maximum atomic E-state index is 4.54. The van der Waals surface area contributed by atoms with E-state index < -0.39 is 0 Å². The number of aromatic nitrogens is 4. The van der Waals surface area contributed by atoms with Crippen molar-refractivity contribution in [2.24, 2.45) is 11.3 Å². The second-order valence-corrected chi connectivity index (χ2v) is 8.11. The van der Waals surface area contributed by atoms with Crippen LogP contribution < -0.4 is 5.32 Å². The molecule has 0 unspecified atom stereocenters. The van der Waals surface area contributed by atoms with Crippen LogP contribution in [0.25, 0.3) is 16.7 Å². The minimum Gasteiger partial charge on any atom is -0.367 e. The van der Waals surface area contributed by atoms with Crippen LogP contribution in [0.3, 0.4) is 0 Å². The Morgan fingerprint density at radius 1 is 1.12 bits per heavy atom. The van der Waals surface area contributed by atoms with Crippen molar-refractivity contribution in [2.75, 3.05) is 5.32 Å². The minimum absolute atomic E-state index is 0.371. The van der Waals surface area contributed by atoms with E-state index in [0.717, 1.165) is 34.9 Å². The van der Waals surface area contributed by atoms with E-state index in [9.17, 15) is 0 Å². The normalized spacial score (nSPS) is 22.8. The molecule has 3 aromatic rings. The Kier molecular flexibility index (Phi) is 3.94. The molecule has 2 heterocycles. The lowest BCUT2D eigenvalue weighted by Gasteiger charge is -2.39. The predicted octanol–water partition coefficient (Wildman–Crippen LogP) is 4.44. The summed E-state index contributed by atoms with van der Waals surface area (Å²) < 4.78 is 1.87. The van der Waals surface area contributed by atoms with Gasteiger partial charge in [0.2, 0.25) is 0 Å². The van der Waals surface area contributed by atoms with Gasteiger partial charge in [-0.2, -0.15) is 5.10 Å². The lowest BCUT2D eigenvalue weighted by atomic mass is 9.70. The number of hydrogen-bond donors (Lipinski definition) is 1. The van der Waals surface area contributed by atoms with Crippen molar-refractivity contribution in [3.8, 4) is 5.69 Å². The molecule has 0 amide bonds. The van der Waals surface area contributed by atoms with Gasteiger partial charge < -0.3 is 5.32 Å². The van der Waals surface area contributed by atoms with Crippen LogP contribution >= 0.6 is 0 Å². The summed E-state index contributed by atoms with van der Waals surface area (Å²) in [5.41, 5.74) is 2.22. The topological polar surface area (TPSA) is 55.6 Å². The molecule has 0 bridgehead atoms. The zero-order valence-corrected chi connectivity index (χ0v) is 15.1. The van der Waals surface area contributed by atoms with Gasteiger partial charge in [-0.05, 0) is 42.7 Å². The molecule has 0 saturated heterocycles. The van der Waals surface area contributed by atoms with Gasteiger partial charge >= 0.3 is 0 Å². The second-order valence-electron chi connectivity index (χ2n) is 8.11. The third kappa shape index (κ3) is 3.23. The van der Waals surface area contributed by atoms with Crippen LogP contribution in [0.1, 0.15) is 40.0 Å². The van der Waals surface area contributed by atoms with Gasteiger partial charge in [-0.15, -0.1) is 0 Å². The summed E-state index contributed by atoms with van der Waals surface area (Å²) in [5, 5.41) is 9.18. The number of fused-ring (bicyclic) bond motifs is 1. The fraction of sp³-hybridized carbons (Fsp3) is 0.450. The number of hydrogen-bond acceptors (Lipinski definition) is 4. The molecule has 4 rings (SSSR count). The number of para-hydroxylation sites is 1. The van der Waals surface area contributed by atoms with E-state index >= 15 is 0 Å². The molecule has 0 spiro atoms. The Morgan fingerprint density at radius 3 is 2.68 bits per heavy atom. The molecule has 0 aliphatic heterocycles. The highest BCUT2D eigenvalue weighted by Gasteiger charge is 2.32. The van der Waals surface area contributed by atoms with Crippen LogP contribution in [0.5, 0.6) is 0 Å². The maximum Gasteiger partial charge on any atom is 0.168 e. The predicted molar refractivity (Wildman–Crippen MR) is 101 cm³/mol. The number of nitrogens with zero attached hydrogens (tertiary/aromatic N) is 4. The van der Waals surface area contributed by atoms with Crippen molar-refractivity contribution in [1.29, 1.82) is 0 Å². The van der Waals surface area contributed by atoms with Gasteiger partial charge in [0.15, 0.2) is 5.65 Å². The van der Waals surface area contributed by atoms with Gasteiger partial charge in [0.1, 0.15) is 12.1 Å². The fourth-order valence-corrected chi connectivity index (χ4v) is 4.37. The first-order valence-corrected chi connectivity index (χ1v) is 9.02. The highest BCUT2D eigenvalue weighted by molar-refractivity contribution is 5.87. The molecule has 1 aromatic carbocycles. The Balaban J connectivity index is 1.66. The maximum absolute atomic E-state index is 4.54. The largest absolute Gasteiger partial charge is 0.367 e. The Bertz CT molecular complexity index is 868. The fourth-order valence-electron chi connectivity index (χ4n) is 4.37. The van der Waals surface area contributed by atoms with E-state index in [-0.39, 0.29) is 0 Å². The molecule has 5 heteroatoms. The summed E-state index contributed by atoms with van der Waals surface area (Å²) in [4.78, 5) is 8.97. The minimum atomic E-state index is 0.371. The van der Waals surface area contributed by atoms with Crippen molar-refractivity contribution in [2.45, 2.75) is 46.1 Å². The van der Waals surface area contributed by atoms with Crippen LogP contribution in [0.15, 0.2) is 42.9 Å². The first-order valence-electron chi connectivity index (χ1n) is 9.02. The summed E-state index contributed by atoms with van der Waals surface area (Å²) in [5.74, 6) is 1.62. The zero-order chi connectivity index (χ0) is 17.4. The molecule has 1 fully saturated rings. The van der Waals surface area contributed by atoms with E-state index in [1.807, 2.05) is 41.2 Å².